The second-order valence-electron chi connectivity index (χ2n) is 4.82. The average Bonchev–Trinajstić information content (AvgIpc) is 3.01. The van der Waals surface area contributed by atoms with Crippen LogP contribution in [0.4, 0.5) is 0 Å². The number of hydrogen-bond donors (Lipinski definition) is 1. The van der Waals surface area contributed by atoms with E-state index < -0.39 is 0 Å². The fourth-order valence-electron chi connectivity index (χ4n) is 2.08. The van der Waals surface area contributed by atoms with Gasteiger partial charge in [-0.25, -0.2) is 4.98 Å². The van der Waals surface area contributed by atoms with Gasteiger partial charge in [-0.3, -0.25) is 4.79 Å². The molecule has 0 saturated heterocycles. The Morgan fingerprint density at radius 3 is 2.39 bits per heavy atom. The number of nitrogens with zero attached hydrogens (tertiary/aromatic N) is 1. The van der Waals surface area contributed by atoms with Gasteiger partial charge in [0.1, 0.15) is 5.01 Å². The van der Waals surface area contributed by atoms with Gasteiger partial charge in [-0.2, -0.15) is 0 Å². The van der Waals surface area contributed by atoms with Crippen LogP contribution in [0.25, 0.3) is 11.6 Å². The summed E-state index contributed by atoms with van der Waals surface area (Å²) in [4.78, 5) is 16.8. The maximum atomic E-state index is 12.8. The van der Waals surface area contributed by atoms with Crippen molar-refractivity contribution in [2.24, 2.45) is 0 Å². The zero-order valence-electron chi connectivity index (χ0n) is 11.9. The molecule has 0 atom stereocenters. The Bertz CT molecular complexity index is 854. The Balaban J connectivity index is 2.07. The summed E-state index contributed by atoms with van der Waals surface area (Å²) in [5, 5.41) is 12.1. The molecule has 0 bridgehead atoms. The van der Waals surface area contributed by atoms with Gasteiger partial charge in [-0.15, -0.1) is 11.3 Å². The number of benzene rings is 2. The third-order valence-electron chi connectivity index (χ3n) is 3.18. The normalized spacial score (nSPS) is 11.4. The smallest absolute Gasteiger partial charge is 0.222 e. The fourth-order valence-corrected chi connectivity index (χ4v) is 2.90. The highest BCUT2D eigenvalue weighted by Gasteiger charge is 2.17. The monoisotopic (exact) mass is 341 g/mol. The van der Waals surface area contributed by atoms with Gasteiger partial charge in [0.2, 0.25) is 5.88 Å². The second-order valence-corrected chi connectivity index (χ2v) is 6.11. The lowest BCUT2D eigenvalue weighted by molar-refractivity contribution is 0.105. The summed E-state index contributed by atoms with van der Waals surface area (Å²) in [5.74, 6) is -0.234. The van der Waals surface area contributed by atoms with E-state index in [9.17, 15) is 9.90 Å². The lowest BCUT2D eigenvalue weighted by Crippen LogP contribution is -2.02. The van der Waals surface area contributed by atoms with E-state index in [-0.39, 0.29) is 11.7 Å². The Kier molecular flexibility index (Phi) is 4.55. The molecule has 2 aromatic carbocycles. The van der Waals surface area contributed by atoms with Crippen LogP contribution in [0, 0.1) is 0 Å². The standard InChI is InChI=1S/C18H12ClNO2S/c19-14-8-6-12(7-9-14)10-15(18-20-16(21)11-23-18)17(22)13-4-2-1-3-5-13/h1-11,21H/b15-10-. The molecule has 0 aliphatic rings. The maximum absolute atomic E-state index is 12.8. The van der Waals surface area contributed by atoms with E-state index in [2.05, 4.69) is 4.98 Å². The van der Waals surface area contributed by atoms with Crippen molar-refractivity contribution in [2.75, 3.05) is 0 Å². The van der Waals surface area contributed by atoms with Gasteiger partial charge in [0.25, 0.3) is 0 Å². The van der Waals surface area contributed by atoms with Crippen LogP contribution in [-0.2, 0) is 0 Å². The van der Waals surface area contributed by atoms with Crippen LogP contribution in [0.1, 0.15) is 20.9 Å². The van der Waals surface area contributed by atoms with Crippen LogP contribution < -0.4 is 0 Å². The minimum atomic E-state index is -0.144. The number of carbonyl (C=O) groups excluding carboxylic acids is 1. The number of Topliss-reactive ketones (excluding diaryl/α,β-unsaturated/α-hetero) is 1. The minimum absolute atomic E-state index is 0.0899. The first-order valence-corrected chi connectivity index (χ1v) is 8.11. The first-order valence-electron chi connectivity index (χ1n) is 6.85. The third-order valence-corrected chi connectivity index (χ3v) is 4.30. The largest absolute Gasteiger partial charge is 0.493 e. The molecule has 3 rings (SSSR count). The Hall–Kier alpha value is -2.43. The second kappa shape index (κ2) is 6.77. The lowest BCUT2D eigenvalue weighted by Gasteiger charge is -2.04. The molecule has 1 N–H and O–H groups in total. The number of ketones is 1. The highest BCUT2D eigenvalue weighted by molar-refractivity contribution is 7.11. The van der Waals surface area contributed by atoms with Crippen LogP contribution in [-0.4, -0.2) is 15.9 Å². The topological polar surface area (TPSA) is 50.2 Å². The van der Waals surface area contributed by atoms with E-state index in [0.29, 0.717) is 21.2 Å². The van der Waals surface area contributed by atoms with Crippen molar-refractivity contribution >= 4 is 40.4 Å². The first-order chi connectivity index (χ1) is 11.1. The van der Waals surface area contributed by atoms with E-state index in [1.54, 1.807) is 30.3 Å². The third kappa shape index (κ3) is 3.67. The number of halogens is 1. The molecule has 0 spiro atoms. The molecular weight excluding hydrogens is 330 g/mol. The van der Waals surface area contributed by atoms with E-state index in [1.807, 2.05) is 30.3 Å². The van der Waals surface area contributed by atoms with Crippen LogP contribution >= 0.6 is 22.9 Å². The summed E-state index contributed by atoms with van der Waals surface area (Å²) in [6.45, 7) is 0. The number of allylic oxidation sites excluding steroid dienone is 1. The summed E-state index contributed by atoms with van der Waals surface area (Å²) in [6, 6.07) is 16.2. The van der Waals surface area contributed by atoms with Gasteiger partial charge >= 0.3 is 0 Å². The predicted octanol–water partition coefficient (Wildman–Crippen LogP) is 4.93. The number of thiazole rings is 1. The zero-order valence-corrected chi connectivity index (χ0v) is 13.5. The van der Waals surface area contributed by atoms with Crippen molar-refractivity contribution in [3.8, 4) is 5.88 Å². The van der Waals surface area contributed by atoms with Gasteiger partial charge in [-0.05, 0) is 23.8 Å². The molecule has 1 aromatic heterocycles. The molecule has 0 unspecified atom stereocenters. The zero-order chi connectivity index (χ0) is 16.2. The molecule has 0 amide bonds. The molecule has 5 heteroatoms. The number of aromatic hydroxyl groups is 1. The summed E-state index contributed by atoms with van der Waals surface area (Å²) in [6.07, 6.45) is 1.75. The van der Waals surface area contributed by atoms with Crippen molar-refractivity contribution in [3.63, 3.8) is 0 Å². The van der Waals surface area contributed by atoms with Crippen molar-refractivity contribution < 1.29 is 9.90 Å². The number of aromatic nitrogens is 1. The van der Waals surface area contributed by atoms with Gasteiger partial charge in [0, 0.05) is 10.6 Å². The molecule has 3 aromatic rings. The summed E-state index contributed by atoms with van der Waals surface area (Å²) < 4.78 is 0. The summed E-state index contributed by atoms with van der Waals surface area (Å²) in [5.41, 5.74) is 1.84. The Morgan fingerprint density at radius 2 is 1.78 bits per heavy atom. The molecule has 0 aliphatic heterocycles. The average molecular weight is 342 g/mol. The van der Waals surface area contributed by atoms with Gasteiger partial charge in [-0.1, -0.05) is 54.1 Å². The molecule has 23 heavy (non-hydrogen) atoms. The molecule has 1 heterocycles. The first kappa shape index (κ1) is 15.5. The Morgan fingerprint density at radius 1 is 1.09 bits per heavy atom. The van der Waals surface area contributed by atoms with Crippen LogP contribution in [0.5, 0.6) is 5.88 Å². The van der Waals surface area contributed by atoms with Crippen molar-refractivity contribution in [3.05, 3.63) is 81.1 Å². The quantitative estimate of drug-likeness (QED) is 0.541. The molecular formula is C18H12ClNO2S. The predicted molar refractivity (Wildman–Crippen MR) is 93.9 cm³/mol. The fraction of sp³-hybridized carbons (Fsp3) is 0. The molecule has 0 fully saturated rings. The van der Waals surface area contributed by atoms with Crippen molar-refractivity contribution in [2.45, 2.75) is 0 Å². The maximum Gasteiger partial charge on any atom is 0.222 e. The molecule has 0 radical (unpaired) electrons. The minimum Gasteiger partial charge on any atom is -0.493 e. The van der Waals surface area contributed by atoms with Crippen molar-refractivity contribution in [1.82, 2.24) is 4.98 Å². The van der Waals surface area contributed by atoms with E-state index in [1.165, 1.54) is 16.7 Å². The Labute approximate surface area is 142 Å². The summed E-state index contributed by atoms with van der Waals surface area (Å²) in [7, 11) is 0. The lowest BCUT2D eigenvalue weighted by atomic mass is 10.0. The summed E-state index contributed by atoms with van der Waals surface area (Å²) >= 11 is 7.12. The van der Waals surface area contributed by atoms with Gasteiger partial charge < -0.3 is 5.11 Å². The molecule has 0 aliphatic carbocycles. The van der Waals surface area contributed by atoms with Crippen LogP contribution in [0.15, 0.2) is 60.0 Å². The molecule has 3 nitrogen and oxygen atoms in total. The highest BCUT2D eigenvalue weighted by Crippen LogP contribution is 2.28. The van der Waals surface area contributed by atoms with E-state index >= 15 is 0 Å². The van der Waals surface area contributed by atoms with Crippen LogP contribution in [0.2, 0.25) is 5.02 Å². The number of hydrogen-bond acceptors (Lipinski definition) is 4. The van der Waals surface area contributed by atoms with Gasteiger partial charge in [0.05, 0.1) is 11.0 Å². The van der Waals surface area contributed by atoms with E-state index in [0.717, 1.165) is 5.56 Å². The molecule has 0 saturated carbocycles. The van der Waals surface area contributed by atoms with E-state index in [4.69, 9.17) is 11.6 Å². The number of carbonyl (C=O) groups is 1. The van der Waals surface area contributed by atoms with Crippen molar-refractivity contribution in [1.29, 1.82) is 0 Å². The highest BCUT2D eigenvalue weighted by atomic mass is 35.5. The van der Waals surface area contributed by atoms with Crippen LogP contribution in [0.3, 0.4) is 0 Å². The molecule has 114 valence electrons. The number of rotatable bonds is 4. The SMILES string of the molecule is O=C(/C(=C/c1ccc(Cl)cc1)c1nc(O)cs1)c1ccccc1. The van der Waals surface area contributed by atoms with Gasteiger partial charge in [0.15, 0.2) is 5.78 Å².